The van der Waals surface area contributed by atoms with E-state index in [9.17, 15) is 18.3 Å². The maximum absolute atomic E-state index is 12.6. The maximum atomic E-state index is 12.6. The Morgan fingerprint density at radius 2 is 1.89 bits per heavy atom. The van der Waals surface area contributed by atoms with E-state index in [1.165, 1.54) is 6.07 Å². The Labute approximate surface area is 114 Å². The smallest absolute Gasteiger partial charge is 0.391 e. The van der Waals surface area contributed by atoms with E-state index in [-0.39, 0.29) is 16.8 Å². The van der Waals surface area contributed by atoms with Gasteiger partial charge in [0, 0.05) is 0 Å². The van der Waals surface area contributed by atoms with Crippen molar-refractivity contribution in [3.8, 4) is 0 Å². The molecule has 6 heteroatoms. The zero-order valence-electron chi connectivity index (χ0n) is 10.2. The van der Waals surface area contributed by atoms with Gasteiger partial charge in [-0.05, 0) is 31.0 Å². The molecule has 0 bridgehead atoms. The number of nitrogens with one attached hydrogen (secondary N) is 1. The normalized spacial score (nSPS) is 24.3. The lowest BCUT2D eigenvalue weighted by Gasteiger charge is -2.29. The lowest BCUT2D eigenvalue weighted by molar-refractivity contribution is -0.137. The Hall–Kier alpha value is -0.940. The van der Waals surface area contributed by atoms with Crippen LogP contribution in [0.15, 0.2) is 18.2 Å². The molecule has 0 aromatic heterocycles. The minimum absolute atomic E-state index is 0.224. The van der Waals surface area contributed by atoms with Crippen LogP contribution in [0.4, 0.5) is 18.9 Å². The zero-order chi connectivity index (χ0) is 14.0. The Morgan fingerprint density at radius 3 is 2.53 bits per heavy atom. The number of rotatable bonds is 2. The number of aliphatic hydroxyl groups excluding tert-OH is 1. The quantitative estimate of drug-likeness (QED) is 0.861. The fraction of sp³-hybridized carbons (Fsp3) is 0.538. The number of halogens is 4. The molecule has 0 heterocycles. The third-order valence-electron chi connectivity index (χ3n) is 3.36. The second-order valence-corrected chi connectivity index (χ2v) is 5.20. The van der Waals surface area contributed by atoms with Crippen molar-refractivity contribution < 1.29 is 18.3 Å². The average Bonchev–Trinajstić information content (AvgIpc) is 2.33. The molecule has 0 radical (unpaired) electrons. The predicted octanol–water partition coefficient (Wildman–Crippen LogP) is 4.07. The van der Waals surface area contributed by atoms with E-state index >= 15 is 0 Å². The molecule has 0 saturated heterocycles. The summed E-state index contributed by atoms with van der Waals surface area (Å²) >= 11 is 5.90. The number of benzene rings is 1. The van der Waals surface area contributed by atoms with Gasteiger partial charge in [0.25, 0.3) is 0 Å². The van der Waals surface area contributed by atoms with Crippen LogP contribution in [0.5, 0.6) is 0 Å². The van der Waals surface area contributed by atoms with Gasteiger partial charge in [0.05, 0.1) is 28.4 Å². The van der Waals surface area contributed by atoms with Crippen molar-refractivity contribution in [3.63, 3.8) is 0 Å². The average molecular weight is 294 g/mol. The fourth-order valence-corrected chi connectivity index (χ4v) is 2.46. The molecule has 2 N–H and O–H groups in total. The second kappa shape index (κ2) is 5.59. The first-order valence-electron chi connectivity index (χ1n) is 6.19. The second-order valence-electron chi connectivity index (χ2n) is 4.80. The monoisotopic (exact) mass is 293 g/mol. The molecule has 1 fully saturated rings. The summed E-state index contributed by atoms with van der Waals surface area (Å²) in [5.41, 5.74) is -0.521. The molecule has 0 spiro atoms. The largest absolute Gasteiger partial charge is 0.416 e. The zero-order valence-corrected chi connectivity index (χ0v) is 10.9. The predicted molar refractivity (Wildman–Crippen MR) is 68.3 cm³/mol. The molecule has 1 saturated carbocycles. The van der Waals surface area contributed by atoms with Crippen LogP contribution in [-0.4, -0.2) is 17.3 Å². The summed E-state index contributed by atoms with van der Waals surface area (Å²) < 4.78 is 37.9. The van der Waals surface area contributed by atoms with Crippen molar-refractivity contribution in [2.75, 3.05) is 5.32 Å². The van der Waals surface area contributed by atoms with E-state index in [0.29, 0.717) is 6.42 Å². The number of hydrogen-bond donors (Lipinski definition) is 2. The van der Waals surface area contributed by atoms with Gasteiger partial charge in [-0.15, -0.1) is 0 Å². The van der Waals surface area contributed by atoms with Gasteiger partial charge in [-0.1, -0.05) is 24.4 Å². The van der Waals surface area contributed by atoms with E-state index in [1.54, 1.807) is 0 Å². The molecule has 2 atom stereocenters. The van der Waals surface area contributed by atoms with Crippen LogP contribution in [0.25, 0.3) is 0 Å². The van der Waals surface area contributed by atoms with Gasteiger partial charge in [0.15, 0.2) is 0 Å². The van der Waals surface area contributed by atoms with Crippen LogP contribution in [0.3, 0.4) is 0 Å². The highest BCUT2D eigenvalue weighted by Crippen LogP contribution is 2.35. The van der Waals surface area contributed by atoms with Crippen molar-refractivity contribution in [1.29, 1.82) is 0 Å². The molecule has 1 aliphatic carbocycles. The molecule has 0 amide bonds. The first kappa shape index (κ1) is 14.5. The number of anilines is 1. The fourth-order valence-electron chi connectivity index (χ4n) is 2.29. The summed E-state index contributed by atoms with van der Waals surface area (Å²) in [6.07, 6.45) is -1.66. The molecule has 2 unspecified atom stereocenters. The third kappa shape index (κ3) is 3.54. The molecular weight excluding hydrogens is 279 g/mol. The van der Waals surface area contributed by atoms with Gasteiger partial charge in [0.1, 0.15) is 0 Å². The number of aliphatic hydroxyl groups is 1. The molecule has 2 nitrogen and oxygen atoms in total. The van der Waals surface area contributed by atoms with Crippen LogP contribution < -0.4 is 5.32 Å². The van der Waals surface area contributed by atoms with E-state index in [0.717, 1.165) is 31.4 Å². The summed E-state index contributed by atoms with van der Waals surface area (Å²) in [4.78, 5) is 0. The van der Waals surface area contributed by atoms with Crippen molar-refractivity contribution in [2.24, 2.45) is 0 Å². The molecule has 2 rings (SSSR count). The SMILES string of the molecule is OC1CCCCC1Nc1cc(C(F)(F)F)ccc1Cl. The molecule has 1 aliphatic rings. The highest BCUT2D eigenvalue weighted by atomic mass is 35.5. The first-order valence-corrected chi connectivity index (χ1v) is 6.57. The van der Waals surface area contributed by atoms with Crippen LogP contribution in [-0.2, 0) is 6.18 Å². The summed E-state index contributed by atoms with van der Waals surface area (Å²) in [6.45, 7) is 0. The highest BCUT2D eigenvalue weighted by Gasteiger charge is 2.31. The molecule has 1 aromatic rings. The van der Waals surface area contributed by atoms with Gasteiger partial charge in [0.2, 0.25) is 0 Å². The Bertz CT molecular complexity index is 450. The van der Waals surface area contributed by atoms with Crippen molar-refractivity contribution >= 4 is 17.3 Å². The minimum Gasteiger partial charge on any atom is -0.391 e. The summed E-state index contributed by atoms with van der Waals surface area (Å²) in [7, 11) is 0. The van der Waals surface area contributed by atoms with E-state index in [1.807, 2.05) is 0 Å². The molecule has 19 heavy (non-hydrogen) atoms. The molecule has 0 aliphatic heterocycles. The van der Waals surface area contributed by atoms with E-state index in [4.69, 9.17) is 11.6 Å². The minimum atomic E-state index is -4.40. The van der Waals surface area contributed by atoms with Gasteiger partial charge in [-0.2, -0.15) is 13.2 Å². The van der Waals surface area contributed by atoms with Gasteiger partial charge in [-0.25, -0.2) is 0 Å². The van der Waals surface area contributed by atoms with Crippen molar-refractivity contribution in [1.82, 2.24) is 0 Å². The summed E-state index contributed by atoms with van der Waals surface area (Å²) in [6, 6.07) is 2.92. The topological polar surface area (TPSA) is 32.3 Å². The Morgan fingerprint density at radius 1 is 1.21 bits per heavy atom. The number of alkyl halides is 3. The lowest BCUT2D eigenvalue weighted by atomic mass is 9.92. The van der Waals surface area contributed by atoms with E-state index < -0.39 is 17.8 Å². The summed E-state index contributed by atoms with van der Waals surface area (Å²) in [5.74, 6) is 0. The van der Waals surface area contributed by atoms with E-state index in [2.05, 4.69) is 5.32 Å². The van der Waals surface area contributed by atoms with Crippen LogP contribution in [0, 0.1) is 0 Å². The van der Waals surface area contributed by atoms with Crippen molar-refractivity contribution in [2.45, 2.75) is 44.0 Å². The van der Waals surface area contributed by atoms with Crippen LogP contribution in [0.1, 0.15) is 31.2 Å². The molecule has 106 valence electrons. The Balaban J connectivity index is 2.19. The van der Waals surface area contributed by atoms with Crippen LogP contribution in [0.2, 0.25) is 5.02 Å². The molecule has 1 aromatic carbocycles. The van der Waals surface area contributed by atoms with Gasteiger partial charge < -0.3 is 10.4 Å². The first-order chi connectivity index (χ1) is 8.88. The number of hydrogen-bond acceptors (Lipinski definition) is 2. The van der Waals surface area contributed by atoms with Gasteiger partial charge >= 0.3 is 6.18 Å². The standard InChI is InChI=1S/C13H15ClF3NO/c14-9-6-5-8(13(15,16)17)7-11(9)18-10-3-1-2-4-12(10)19/h5-7,10,12,18-19H,1-4H2. The Kier molecular flexibility index (Phi) is 4.26. The van der Waals surface area contributed by atoms with Crippen molar-refractivity contribution in [3.05, 3.63) is 28.8 Å². The van der Waals surface area contributed by atoms with Crippen LogP contribution >= 0.6 is 11.6 Å². The molecular formula is C13H15ClF3NO. The third-order valence-corrected chi connectivity index (χ3v) is 3.69. The maximum Gasteiger partial charge on any atom is 0.416 e. The highest BCUT2D eigenvalue weighted by molar-refractivity contribution is 6.33. The van der Waals surface area contributed by atoms with Gasteiger partial charge in [-0.3, -0.25) is 0 Å². The lowest BCUT2D eigenvalue weighted by Crippen LogP contribution is -2.36. The summed E-state index contributed by atoms with van der Waals surface area (Å²) in [5, 5.41) is 13.0.